The lowest BCUT2D eigenvalue weighted by Crippen LogP contribution is -2.36. The first-order valence-electron chi connectivity index (χ1n) is 6.14. The third-order valence-electron chi connectivity index (χ3n) is 2.50. The average Bonchev–Trinajstić information content (AvgIpc) is 2.38. The van der Waals surface area contributed by atoms with Crippen molar-refractivity contribution in [3.63, 3.8) is 0 Å². The lowest BCUT2D eigenvalue weighted by atomic mass is 10.2. The molecule has 0 aliphatic carbocycles. The molecule has 18 heavy (non-hydrogen) atoms. The van der Waals surface area contributed by atoms with Gasteiger partial charge in [0.15, 0.2) is 0 Å². The van der Waals surface area contributed by atoms with Crippen LogP contribution in [0.15, 0.2) is 24.3 Å². The molecule has 0 spiro atoms. The number of nitrogens with two attached hydrogens (primary N) is 1. The number of carbonyl (C=O) groups excluding carboxylic acids is 1. The first kappa shape index (κ1) is 14.8. The second kappa shape index (κ2) is 7.95. The Balaban J connectivity index is 2.46. The highest BCUT2D eigenvalue weighted by molar-refractivity contribution is 6.30. The van der Waals surface area contributed by atoms with E-state index in [4.69, 9.17) is 17.3 Å². The summed E-state index contributed by atoms with van der Waals surface area (Å²) in [6.07, 6.45) is 1.31. The largest absolute Gasteiger partial charge is 0.381 e. The van der Waals surface area contributed by atoms with Crippen molar-refractivity contribution in [2.24, 2.45) is 5.73 Å². The minimum absolute atomic E-state index is 0.0220. The predicted octanol–water partition coefficient (Wildman–Crippen LogP) is 2.00. The Morgan fingerprint density at radius 1 is 1.39 bits per heavy atom. The molecule has 100 valence electrons. The van der Waals surface area contributed by atoms with Crippen LogP contribution in [0.25, 0.3) is 0 Å². The van der Waals surface area contributed by atoms with Crippen molar-refractivity contribution in [2.45, 2.75) is 25.8 Å². The van der Waals surface area contributed by atoms with Crippen LogP contribution in [0, 0.1) is 0 Å². The van der Waals surface area contributed by atoms with Gasteiger partial charge >= 0.3 is 0 Å². The van der Waals surface area contributed by atoms with Crippen LogP contribution in [0.2, 0.25) is 5.02 Å². The Morgan fingerprint density at radius 2 is 2.06 bits per heavy atom. The minimum atomic E-state index is -0.0666. The molecule has 0 bridgehead atoms. The van der Waals surface area contributed by atoms with Crippen LogP contribution in [0.5, 0.6) is 0 Å². The van der Waals surface area contributed by atoms with E-state index < -0.39 is 0 Å². The number of hydrogen-bond acceptors (Lipinski definition) is 3. The van der Waals surface area contributed by atoms with Crippen LogP contribution in [-0.2, 0) is 4.79 Å². The van der Waals surface area contributed by atoms with Crippen LogP contribution in [0.4, 0.5) is 5.69 Å². The molecule has 5 heteroatoms. The first-order chi connectivity index (χ1) is 8.65. The van der Waals surface area contributed by atoms with Crippen LogP contribution >= 0.6 is 11.6 Å². The third kappa shape index (κ3) is 5.38. The van der Waals surface area contributed by atoms with Gasteiger partial charge in [0.25, 0.3) is 0 Å². The van der Waals surface area contributed by atoms with E-state index in [2.05, 4.69) is 10.6 Å². The summed E-state index contributed by atoms with van der Waals surface area (Å²) < 4.78 is 0. The molecule has 0 saturated carbocycles. The van der Waals surface area contributed by atoms with Crippen LogP contribution in [0.3, 0.4) is 0 Å². The van der Waals surface area contributed by atoms with Gasteiger partial charge in [-0.25, -0.2) is 0 Å². The van der Waals surface area contributed by atoms with Gasteiger partial charge in [-0.1, -0.05) is 18.5 Å². The standard InChI is InChI=1S/C13H20ClN3O/c1-2-7-16-13(18)8-12(9-15)17-11-5-3-10(14)4-6-11/h3-6,12,17H,2,7-9,15H2,1H3,(H,16,18). The molecule has 1 amide bonds. The molecule has 0 aromatic heterocycles. The van der Waals surface area contributed by atoms with Crippen molar-refractivity contribution in [2.75, 3.05) is 18.4 Å². The lowest BCUT2D eigenvalue weighted by Gasteiger charge is -2.17. The molecular formula is C13H20ClN3O. The first-order valence-corrected chi connectivity index (χ1v) is 6.52. The maximum absolute atomic E-state index is 11.6. The fourth-order valence-corrected chi connectivity index (χ4v) is 1.66. The number of benzene rings is 1. The van der Waals surface area contributed by atoms with Crippen LogP contribution in [0.1, 0.15) is 19.8 Å². The lowest BCUT2D eigenvalue weighted by molar-refractivity contribution is -0.121. The van der Waals surface area contributed by atoms with Crippen molar-refractivity contribution in [1.29, 1.82) is 0 Å². The van der Waals surface area contributed by atoms with E-state index in [0.717, 1.165) is 12.1 Å². The minimum Gasteiger partial charge on any atom is -0.381 e. The molecule has 1 rings (SSSR count). The highest BCUT2D eigenvalue weighted by Gasteiger charge is 2.11. The number of amides is 1. The summed E-state index contributed by atoms with van der Waals surface area (Å²) in [5, 5.41) is 6.74. The van der Waals surface area contributed by atoms with E-state index in [1.165, 1.54) is 0 Å². The molecule has 0 radical (unpaired) electrons. The summed E-state index contributed by atoms with van der Waals surface area (Å²) in [4.78, 5) is 11.6. The second-order valence-electron chi connectivity index (χ2n) is 4.14. The number of carbonyl (C=O) groups is 1. The zero-order valence-electron chi connectivity index (χ0n) is 10.6. The maximum Gasteiger partial charge on any atom is 0.222 e. The summed E-state index contributed by atoms with van der Waals surface area (Å²) in [6, 6.07) is 7.27. The fraction of sp³-hybridized carbons (Fsp3) is 0.462. The number of rotatable bonds is 7. The van der Waals surface area contributed by atoms with Gasteiger partial charge in [0.2, 0.25) is 5.91 Å². The van der Waals surface area contributed by atoms with Gasteiger partial charge in [-0.2, -0.15) is 0 Å². The summed E-state index contributed by atoms with van der Waals surface area (Å²) in [5.41, 5.74) is 6.57. The van der Waals surface area contributed by atoms with E-state index >= 15 is 0 Å². The van der Waals surface area contributed by atoms with Gasteiger partial charge in [0.05, 0.1) is 0 Å². The molecule has 4 nitrogen and oxygen atoms in total. The SMILES string of the molecule is CCCNC(=O)CC(CN)Nc1ccc(Cl)cc1. The third-order valence-corrected chi connectivity index (χ3v) is 2.76. The molecule has 1 aromatic rings. The van der Waals surface area contributed by atoms with Crippen molar-refractivity contribution >= 4 is 23.2 Å². The predicted molar refractivity (Wildman–Crippen MR) is 75.8 cm³/mol. The topological polar surface area (TPSA) is 67.2 Å². The van der Waals surface area contributed by atoms with Crippen molar-refractivity contribution < 1.29 is 4.79 Å². The monoisotopic (exact) mass is 269 g/mol. The summed E-state index contributed by atoms with van der Waals surface area (Å²) in [7, 11) is 0. The van der Waals surface area contributed by atoms with E-state index in [9.17, 15) is 4.79 Å². The maximum atomic E-state index is 11.6. The van der Waals surface area contributed by atoms with Gasteiger partial charge < -0.3 is 16.4 Å². The van der Waals surface area contributed by atoms with Crippen LogP contribution in [-0.4, -0.2) is 25.0 Å². The number of hydrogen-bond donors (Lipinski definition) is 3. The van der Waals surface area contributed by atoms with Crippen molar-refractivity contribution in [3.8, 4) is 0 Å². The Kier molecular flexibility index (Phi) is 6.54. The van der Waals surface area contributed by atoms with E-state index in [1.54, 1.807) is 12.1 Å². The molecule has 0 aliphatic heterocycles. The molecule has 1 atom stereocenters. The molecule has 1 unspecified atom stereocenters. The van der Waals surface area contributed by atoms with Gasteiger partial charge in [-0.3, -0.25) is 4.79 Å². The molecule has 4 N–H and O–H groups in total. The zero-order chi connectivity index (χ0) is 13.4. The molecule has 0 heterocycles. The molecule has 0 fully saturated rings. The quantitative estimate of drug-likeness (QED) is 0.709. The number of nitrogens with one attached hydrogen (secondary N) is 2. The summed E-state index contributed by atoms with van der Waals surface area (Å²) in [6.45, 7) is 3.13. The average molecular weight is 270 g/mol. The van der Waals surface area contributed by atoms with Crippen LogP contribution < -0.4 is 16.4 Å². The number of anilines is 1. The summed E-state index contributed by atoms with van der Waals surface area (Å²) in [5.74, 6) is 0.0220. The summed E-state index contributed by atoms with van der Waals surface area (Å²) >= 11 is 5.81. The van der Waals surface area contributed by atoms with E-state index in [0.29, 0.717) is 24.5 Å². The Hall–Kier alpha value is -1.26. The van der Waals surface area contributed by atoms with E-state index in [1.807, 2.05) is 19.1 Å². The zero-order valence-corrected chi connectivity index (χ0v) is 11.3. The van der Waals surface area contributed by atoms with Gasteiger partial charge in [0, 0.05) is 36.3 Å². The fourth-order valence-electron chi connectivity index (χ4n) is 1.54. The molecule has 0 aliphatic rings. The second-order valence-corrected chi connectivity index (χ2v) is 4.57. The normalized spacial score (nSPS) is 11.9. The number of halogens is 1. The smallest absolute Gasteiger partial charge is 0.222 e. The molecular weight excluding hydrogens is 250 g/mol. The highest BCUT2D eigenvalue weighted by atomic mass is 35.5. The Labute approximate surface area is 113 Å². The van der Waals surface area contributed by atoms with Crippen molar-refractivity contribution in [1.82, 2.24) is 5.32 Å². The molecule has 1 aromatic carbocycles. The van der Waals surface area contributed by atoms with Gasteiger partial charge in [-0.05, 0) is 30.7 Å². The van der Waals surface area contributed by atoms with Crippen molar-refractivity contribution in [3.05, 3.63) is 29.3 Å². The van der Waals surface area contributed by atoms with Gasteiger partial charge in [-0.15, -0.1) is 0 Å². The van der Waals surface area contributed by atoms with Gasteiger partial charge in [0.1, 0.15) is 0 Å². The Bertz CT molecular complexity index is 367. The van der Waals surface area contributed by atoms with E-state index in [-0.39, 0.29) is 11.9 Å². The Morgan fingerprint density at radius 3 is 2.61 bits per heavy atom. The highest BCUT2D eigenvalue weighted by Crippen LogP contribution is 2.14. The molecule has 0 saturated heterocycles.